The summed E-state index contributed by atoms with van der Waals surface area (Å²) in [4.78, 5) is 27.9. The first kappa shape index (κ1) is 20.2. The van der Waals surface area contributed by atoms with Gasteiger partial charge in [-0.05, 0) is 37.3 Å². The maximum absolute atomic E-state index is 12.3. The molecule has 0 aromatic heterocycles. The van der Waals surface area contributed by atoms with Crippen LogP contribution < -0.4 is 34.7 Å². The normalized spacial score (nSPS) is 31.3. The quantitative estimate of drug-likeness (QED) is 0.132. The number of hydrogen-bond donors (Lipinski definition) is 1. The van der Waals surface area contributed by atoms with Crippen LogP contribution in [0.3, 0.4) is 0 Å². The summed E-state index contributed by atoms with van der Waals surface area (Å²) in [6.07, 6.45) is 0.976. The number of rotatable bonds is 6. The Hall–Kier alpha value is -1.09. The molecule has 25 heavy (non-hydrogen) atoms. The molecular weight excluding hydrogens is 339 g/mol. The fourth-order valence-corrected chi connectivity index (χ4v) is 4.28. The number of carboxylic acid groups (broad SMARTS) is 1. The van der Waals surface area contributed by atoms with Crippen molar-refractivity contribution in [3.8, 4) is 0 Å². The van der Waals surface area contributed by atoms with Crippen LogP contribution >= 0.6 is 0 Å². The van der Waals surface area contributed by atoms with Crippen LogP contribution in [0.4, 0.5) is 0 Å². The van der Waals surface area contributed by atoms with Crippen LogP contribution in [0.1, 0.15) is 26.2 Å². The Labute approximate surface area is 166 Å². The molecule has 2 fully saturated rings. The molecule has 5 atom stereocenters. The van der Waals surface area contributed by atoms with Crippen molar-refractivity contribution >= 4 is 11.9 Å². The smallest absolute Gasteiger partial charge is 0.543 e. The molecule has 1 saturated heterocycles. The molecule has 10 heteroatoms. The van der Waals surface area contributed by atoms with Crippen LogP contribution in [0.15, 0.2) is 16.4 Å². The minimum atomic E-state index is -1.39. The van der Waals surface area contributed by atoms with Gasteiger partial charge in [0.05, 0.1) is 42.4 Å². The topological polar surface area (TPSA) is 139 Å². The number of aliphatic hydroxyl groups excluding tert-OH is 1. The van der Waals surface area contributed by atoms with Gasteiger partial charge < -0.3 is 24.6 Å². The van der Waals surface area contributed by atoms with E-state index in [1.54, 1.807) is 6.92 Å². The van der Waals surface area contributed by atoms with Crippen molar-refractivity contribution in [1.82, 2.24) is 4.90 Å². The van der Waals surface area contributed by atoms with E-state index in [2.05, 4.69) is 10.0 Å². The summed E-state index contributed by atoms with van der Waals surface area (Å²) < 4.78 is 5.72. The minimum Gasteiger partial charge on any atom is -0.543 e. The third-order valence-electron chi connectivity index (χ3n) is 5.13. The Kier molecular flexibility index (Phi) is 6.53. The number of carboxylic acids is 1. The van der Waals surface area contributed by atoms with Crippen molar-refractivity contribution < 1.29 is 54.1 Å². The van der Waals surface area contributed by atoms with Gasteiger partial charge >= 0.3 is 29.6 Å². The zero-order valence-corrected chi connectivity index (χ0v) is 16.3. The fraction of sp³-hybridized carbons (Fsp3) is 0.733. The molecule has 3 aliphatic rings. The van der Waals surface area contributed by atoms with Crippen LogP contribution in [0.5, 0.6) is 0 Å². The van der Waals surface area contributed by atoms with E-state index < -0.39 is 24.1 Å². The summed E-state index contributed by atoms with van der Waals surface area (Å²) in [5, 5.41) is 24.9. The van der Waals surface area contributed by atoms with Crippen molar-refractivity contribution in [3.05, 3.63) is 21.7 Å². The second-order valence-corrected chi connectivity index (χ2v) is 6.41. The third kappa shape index (κ3) is 3.32. The van der Waals surface area contributed by atoms with Gasteiger partial charge in [0.25, 0.3) is 0 Å². The number of carbonyl (C=O) groups excluding carboxylic acids is 2. The first-order chi connectivity index (χ1) is 11.5. The number of fused-ring (bicyclic) bond motifs is 3. The van der Waals surface area contributed by atoms with Gasteiger partial charge in [-0.25, -0.2) is 0 Å². The molecule has 1 amide bonds. The van der Waals surface area contributed by atoms with E-state index in [0.717, 1.165) is 12.8 Å². The predicted octanol–water partition coefficient (Wildman–Crippen LogP) is -3.29. The molecule has 0 aromatic carbocycles. The third-order valence-corrected chi connectivity index (χ3v) is 5.13. The summed E-state index contributed by atoms with van der Waals surface area (Å²) in [5.41, 5.74) is 8.79. The molecule has 0 aromatic rings. The first-order valence-electron chi connectivity index (χ1n) is 8.08. The van der Waals surface area contributed by atoms with E-state index >= 15 is 0 Å². The number of carbonyl (C=O) groups is 2. The monoisotopic (exact) mass is 358 g/mol. The molecule has 0 radical (unpaired) electrons. The Morgan fingerprint density at radius 3 is 2.88 bits per heavy atom. The molecule has 0 unspecified atom stereocenters. The number of azide groups is 1. The van der Waals surface area contributed by atoms with Crippen LogP contribution in [0.25, 0.3) is 10.4 Å². The SMILES string of the molecule is C[C@@H](O)[C@H]1C(=O)N2C(C(=O)[O-])=C3[C@@H](OCCN=[N+]=[N-])CCC[C@@H]3[C@H]12.[Na+]. The van der Waals surface area contributed by atoms with Gasteiger partial charge in [0.1, 0.15) is 0 Å². The molecule has 1 aliphatic carbocycles. The molecule has 3 rings (SSSR count). The van der Waals surface area contributed by atoms with Crippen LogP contribution in [-0.4, -0.2) is 53.3 Å². The Morgan fingerprint density at radius 2 is 2.28 bits per heavy atom. The predicted molar refractivity (Wildman–Crippen MR) is 78.9 cm³/mol. The van der Waals surface area contributed by atoms with Crippen LogP contribution in [0.2, 0.25) is 0 Å². The molecule has 2 aliphatic heterocycles. The van der Waals surface area contributed by atoms with Crippen LogP contribution in [0, 0.1) is 11.8 Å². The maximum atomic E-state index is 12.3. The van der Waals surface area contributed by atoms with Crippen molar-refractivity contribution in [1.29, 1.82) is 0 Å². The van der Waals surface area contributed by atoms with Gasteiger partial charge in [-0.2, -0.15) is 0 Å². The zero-order chi connectivity index (χ0) is 17.4. The maximum Gasteiger partial charge on any atom is 1.00 e. The standard InChI is InChI=1S/C15H20N4O5.Na/c1-7(20)10-12-8-3-2-4-9(24-6-5-17-18-16)11(8)13(15(22)23)19(12)14(10)21;/h7-10,12,20H,2-6H2,1H3,(H,22,23);/q;+1/p-1/t7-,8+,9+,10-,12-;/m1./s1. The van der Waals surface area contributed by atoms with Crippen LogP contribution in [-0.2, 0) is 14.3 Å². The average molecular weight is 358 g/mol. The molecule has 0 bridgehead atoms. The van der Waals surface area contributed by atoms with Gasteiger partial charge in [0.15, 0.2) is 0 Å². The van der Waals surface area contributed by atoms with Crippen molar-refractivity contribution in [2.24, 2.45) is 17.0 Å². The van der Waals surface area contributed by atoms with Gasteiger partial charge in [-0.1, -0.05) is 5.11 Å². The second kappa shape index (κ2) is 8.07. The van der Waals surface area contributed by atoms with Gasteiger partial charge in [0, 0.05) is 17.4 Å². The van der Waals surface area contributed by atoms with Gasteiger partial charge in [-0.3, -0.25) is 4.79 Å². The number of β-lactam (4-membered cyclic amide) rings is 1. The zero-order valence-electron chi connectivity index (χ0n) is 14.3. The molecule has 1 saturated carbocycles. The fourth-order valence-electron chi connectivity index (χ4n) is 4.28. The average Bonchev–Trinajstić information content (AvgIpc) is 2.82. The van der Waals surface area contributed by atoms with Gasteiger partial charge in [-0.15, -0.1) is 0 Å². The number of amides is 1. The molecule has 130 valence electrons. The molecule has 1 N–H and O–H groups in total. The van der Waals surface area contributed by atoms with Crippen molar-refractivity contribution in [2.45, 2.75) is 44.4 Å². The minimum absolute atomic E-state index is 0. The van der Waals surface area contributed by atoms with Gasteiger partial charge in [0.2, 0.25) is 5.91 Å². The van der Waals surface area contributed by atoms with E-state index in [-0.39, 0.29) is 66.3 Å². The summed E-state index contributed by atoms with van der Waals surface area (Å²) in [5.74, 6) is -2.47. The molecule has 2 heterocycles. The van der Waals surface area contributed by atoms with E-state index in [0.29, 0.717) is 12.0 Å². The van der Waals surface area contributed by atoms with E-state index in [9.17, 15) is 19.8 Å². The first-order valence-corrected chi connectivity index (χ1v) is 8.08. The van der Waals surface area contributed by atoms with Crippen molar-refractivity contribution in [2.75, 3.05) is 13.2 Å². The summed E-state index contributed by atoms with van der Waals surface area (Å²) in [6, 6.07) is -0.330. The molecular formula is C15H19N4NaO5. The summed E-state index contributed by atoms with van der Waals surface area (Å²) in [7, 11) is 0. The number of aliphatic carboxylic acids is 1. The summed E-state index contributed by atoms with van der Waals surface area (Å²) >= 11 is 0. The molecule has 9 nitrogen and oxygen atoms in total. The van der Waals surface area contributed by atoms with Crippen molar-refractivity contribution in [3.63, 3.8) is 0 Å². The Bertz CT molecular complexity index is 646. The largest absolute Gasteiger partial charge is 1.00 e. The molecule has 0 spiro atoms. The summed E-state index contributed by atoms with van der Waals surface area (Å²) in [6.45, 7) is 1.89. The number of aliphatic hydroxyl groups is 1. The van der Waals surface area contributed by atoms with E-state index in [1.807, 2.05) is 0 Å². The Morgan fingerprint density at radius 1 is 1.56 bits per heavy atom. The number of nitrogens with zero attached hydrogens (tertiary/aromatic N) is 4. The number of hydrogen-bond acceptors (Lipinski definition) is 6. The van der Waals surface area contributed by atoms with E-state index in [1.165, 1.54) is 4.90 Å². The second-order valence-electron chi connectivity index (χ2n) is 6.41. The number of ether oxygens (including phenoxy) is 1. The Balaban J connectivity index is 0.00000225. The van der Waals surface area contributed by atoms with E-state index in [4.69, 9.17) is 10.3 Å².